The molecule has 0 saturated carbocycles. The zero-order valence-corrected chi connectivity index (χ0v) is 17.8. The van der Waals surface area contributed by atoms with E-state index in [0.717, 1.165) is 18.4 Å². The lowest BCUT2D eigenvalue weighted by Gasteiger charge is -2.28. The smallest absolute Gasteiger partial charge is 0.253 e. The van der Waals surface area contributed by atoms with E-state index in [1.165, 1.54) is 10.4 Å². The highest BCUT2D eigenvalue weighted by molar-refractivity contribution is 7.89. The summed E-state index contributed by atoms with van der Waals surface area (Å²) in [5.41, 5.74) is 1.47. The number of likely N-dealkylation sites (N-methyl/N-ethyl adjacent to an activating group) is 1. The van der Waals surface area contributed by atoms with Crippen LogP contribution in [0.1, 0.15) is 28.8 Å². The first-order valence-electron chi connectivity index (χ1n) is 9.83. The van der Waals surface area contributed by atoms with E-state index < -0.39 is 10.0 Å². The van der Waals surface area contributed by atoms with Gasteiger partial charge in [-0.1, -0.05) is 36.4 Å². The van der Waals surface area contributed by atoms with Gasteiger partial charge in [-0.3, -0.25) is 4.79 Å². The van der Waals surface area contributed by atoms with Crippen molar-refractivity contribution in [3.8, 4) is 0 Å². The molecule has 3 rings (SSSR count). The van der Waals surface area contributed by atoms with Gasteiger partial charge in [-0.2, -0.15) is 4.31 Å². The summed E-state index contributed by atoms with van der Waals surface area (Å²) in [5.74, 6) is -0.221. The van der Waals surface area contributed by atoms with E-state index >= 15 is 0 Å². The first-order chi connectivity index (χ1) is 13.9. The molecule has 2 aromatic carbocycles. The van der Waals surface area contributed by atoms with Crippen LogP contribution in [-0.4, -0.2) is 63.4 Å². The molecule has 0 N–H and O–H groups in total. The van der Waals surface area contributed by atoms with Crippen LogP contribution in [0.25, 0.3) is 0 Å². The first-order valence-corrected chi connectivity index (χ1v) is 11.3. The number of hydrogen-bond donors (Lipinski definition) is 0. The predicted molar refractivity (Wildman–Crippen MR) is 112 cm³/mol. The molecule has 0 bridgehead atoms. The fraction of sp³-hybridized carbons (Fsp3) is 0.409. The molecule has 29 heavy (non-hydrogen) atoms. The molecule has 0 spiro atoms. The minimum absolute atomic E-state index is 0.159. The second-order valence-corrected chi connectivity index (χ2v) is 9.29. The fourth-order valence-corrected chi connectivity index (χ4v) is 5.19. The Morgan fingerprint density at radius 1 is 1.10 bits per heavy atom. The molecule has 1 atom stereocenters. The maximum atomic E-state index is 13.1. The quantitative estimate of drug-likeness (QED) is 0.664. The Morgan fingerprint density at radius 2 is 1.79 bits per heavy atom. The van der Waals surface area contributed by atoms with E-state index in [1.54, 1.807) is 37.3 Å². The lowest BCUT2D eigenvalue weighted by atomic mass is 10.0. The lowest BCUT2D eigenvalue weighted by Crippen LogP contribution is -2.41. The summed E-state index contributed by atoms with van der Waals surface area (Å²) in [5, 5.41) is 0. The van der Waals surface area contributed by atoms with Crippen molar-refractivity contribution < 1.29 is 17.9 Å². The number of benzene rings is 2. The van der Waals surface area contributed by atoms with Crippen molar-refractivity contribution in [1.29, 1.82) is 0 Å². The largest absolute Gasteiger partial charge is 0.383 e. The van der Waals surface area contributed by atoms with Gasteiger partial charge in [-0.15, -0.1) is 0 Å². The molecule has 1 saturated heterocycles. The maximum absolute atomic E-state index is 13.1. The monoisotopic (exact) mass is 416 g/mol. The van der Waals surface area contributed by atoms with Gasteiger partial charge < -0.3 is 9.64 Å². The number of carbonyl (C=O) groups excluding carboxylic acids is 1. The van der Waals surface area contributed by atoms with Gasteiger partial charge in [-0.25, -0.2) is 8.42 Å². The van der Waals surface area contributed by atoms with Crippen LogP contribution in [0.2, 0.25) is 0 Å². The standard InChI is InChI=1S/C22H28N2O4S/c1-23(20(17-28-2)15-18-9-4-3-5-10-18)22(25)19-11-8-12-21(16-19)29(26,27)24-13-6-7-14-24/h3-5,8-12,16,20H,6-7,13-15,17H2,1-2H3. The summed E-state index contributed by atoms with van der Waals surface area (Å²) in [6.45, 7) is 1.46. The summed E-state index contributed by atoms with van der Waals surface area (Å²) < 4.78 is 32.5. The van der Waals surface area contributed by atoms with Crippen LogP contribution in [0.15, 0.2) is 59.5 Å². The van der Waals surface area contributed by atoms with Crippen molar-refractivity contribution in [2.75, 3.05) is 33.9 Å². The van der Waals surface area contributed by atoms with Gasteiger partial charge in [0.15, 0.2) is 0 Å². The molecule has 1 unspecified atom stereocenters. The number of nitrogens with zero attached hydrogens (tertiary/aromatic N) is 2. The van der Waals surface area contributed by atoms with E-state index in [1.807, 2.05) is 30.3 Å². The number of methoxy groups -OCH3 is 1. The third-order valence-electron chi connectivity index (χ3n) is 5.33. The number of rotatable bonds is 8. The van der Waals surface area contributed by atoms with Crippen LogP contribution in [0.3, 0.4) is 0 Å². The molecule has 1 amide bonds. The maximum Gasteiger partial charge on any atom is 0.253 e. The third kappa shape index (κ3) is 5.04. The first kappa shape index (κ1) is 21.5. The number of carbonyl (C=O) groups is 1. The third-order valence-corrected chi connectivity index (χ3v) is 7.22. The fourth-order valence-electron chi connectivity index (χ4n) is 3.62. The molecule has 1 heterocycles. The summed E-state index contributed by atoms with van der Waals surface area (Å²) in [6, 6.07) is 16.1. The number of hydrogen-bond acceptors (Lipinski definition) is 4. The van der Waals surface area contributed by atoms with E-state index in [9.17, 15) is 13.2 Å². The highest BCUT2D eigenvalue weighted by atomic mass is 32.2. The Hall–Kier alpha value is -2.22. The molecule has 6 nitrogen and oxygen atoms in total. The van der Waals surface area contributed by atoms with Gasteiger partial charge >= 0.3 is 0 Å². The number of amides is 1. The molecule has 1 aliphatic rings. The topological polar surface area (TPSA) is 66.9 Å². The molecule has 0 radical (unpaired) electrons. The molecular formula is C22H28N2O4S. The summed E-state index contributed by atoms with van der Waals surface area (Å²) >= 11 is 0. The van der Waals surface area contributed by atoms with Crippen molar-refractivity contribution in [2.45, 2.75) is 30.2 Å². The predicted octanol–water partition coefficient (Wildman–Crippen LogP) is 2.80. The second-order valence-electron chi connectivity index (χ2n) is 7.35. The van der Waals surface area contributed by atoms with E-state index in [-0.39, 0.29) is 16.8 Å². The molecule has 1 fully saturated rings. The Labute approximate surface area is 173 Å². The van der Waals surface area contributed by atoms with Crippen molar-refractivity contribution >= 4 is 15.9 Å². The van der Waals surface area contributed by atoms with Crippen LogP contribution in [0.5, 0.6) is 0 Å². The normalized spacial score (nSPS) is 15.9. The van der Waals surface area contributed by atoms with Gasteiger partial charge in [0.05, 0.1) is 17.5 Å². The van der Waals surface area contributed by atoms with Gasteiger partial charge in [0, 0.05) is 32.8 Å². The SMILES string of the molecule is COCC(Cc1ccccc1)N(C)C(=O)c1cccc(S(=O)(=O)N2CCCC2)c1. The minimum atomic E-state index is -3.56. The Bertz CT molecular complexity index is 925. The summed E-state index contributed by atoms with van der Waals surface area (Å²) in [4.78, 5) is 14.9. The minimum Gasteiger partial charge on any atom is -0.383 e. The average Bonchev–Trinajstić information content (AvgIpc) is 3.29. The molecular weight excluding hydrogens is 388 g/mol. The average molecular weight is 417 g/mol. The molecule has 1 aliphatic heterocycles. The van der Waals surface area contributed by atoms with Gasteiger partial charge in [-0.05, 0) is 43.0 Å². The van der Waals surface area contributed by atoms with Crippen molar-refractivity contribution in [2.24, 2.45) is 0 Å². The number of ether oxygens (including phenoxy) is 1. The zero-order valence-electron chi connectivity index (χ0n) is 17.0. The van der Waals surface area contributed by atoms with Gasteiger partial charge in [0.1, 0.15) is 0 Å². The molecule has 7 heteroatoms. The zero-order chi connectivity index (χ0) is 20.9. The van der Waals surface area contributed by atoms with E-state index in [0.29, 0.717) is 31.7 Å². The molecule has 156 valence electrons. The molecule has 0 aliphatic carbocycles. The number of sulfonamides is 1. The van der Waals surface area contributed by atoms with E-state index in [2.05, 4.69) is 0 Å². The Kier molecular flexibility index (Phi) is 7.05. The highest BCUT2D eigenvalue weighted by Gasteiger charge is 2.28. The summed E-state index contributed by atoms with van der Waals surface area (Å²) in [7, 11) is -0.218. The van der Waals surface area contributed by atoms with Crippen LogP contribution in [0, 0.1) is 0 Å². The van der Waals surface area contributed by atoms with Crippen LogP contribution in [0.4, 0.5) is 0 Å². The van der Waals surface area contributed by atoms with Gasteiger partial charge in [0.2, 0.25) is 10.0 Å². The van der Waals surface area contributed by atoms with E-state index in [4.69, 9.17) is 4.74 Å². The molecule has 0 aromatic heterocycles. The highest BCUT2D eigenvalue weighted by Crippen LogP contribution is 2.22. The van der Waals surface area contributed by atoms with Crippen LogP contribution >= 0.6 is 0 Å². The Balaban J connectivity index is 1.81. The summed E-state index contributed by atoms with van der Waals surface area (Å²) in [6.07, 6.45) is 2.40. The van der Waals surface area contributed by atoms with Crippen molar-refractivity contribution in [3.63, 3.8) is 0 Å². The van der Waals surface area contributed by atoms with Gasteiger partial charge in [0.25, 0.3) is 5.91 Å². The van der Waals surface area contributed by atoms with Crippen LogP contribution < -0.4 is 0 Å². The lowest BCUT2D eigenvalue weighted by molar-refractivity contribution is 0.0604. The van der Waals surface area contributed by atoms with Crippen molar-refractivity contribution in [1.82, 2.24) is 9.21 Å². The van der Waals surface area contributed by atoms with Crippen molar-refractivity contribution in [3.05, 3.63) is 65.7 Å². The second kappa shape index (κ2) is 9.52. The Morgan fingerprint density at radius 3 is 2.45 bits per heavy atom. The van der Waals surface area contributed by atoms with Crippen LogP contribution in [-0.2, 0) is 21.2 Å². The molecule has 2 aromatic rings.